The maximum Gasteiger partial charge on any atom is 0.190 e. The maximum absolute atomic E-state index is 8.96. The molecule has 0 radical (unpaired) electrons. The third kappa shape index (κ3) is 3.33. The minimum absolute atomic E-state index is 0.718. The van der Waals surface area contributed by atoms with E-state index >= 15 is 0 Å². The summed E-state index contributed by atoms with van der Waals surface area (Å²) in [4.78, 5) is 10.8. The van der Waals surface area contributed by atoms with E-state index in [1.807, 2.05) is 37.3 Å². The van der Waals surface area contributed by atoms with Crippen LogP contribution in [0, 0.1) is 11.5 Å². The van der Waals surface area contributed by atoms with E-state index in [0.717, 1.165) is 23.5 Å². The second kappa shape index (κ2) is 6.90. The molecule has 5 nitrogen and oxygen atoms in total. The highest BCUT2D eigenvalue weighted by Gasteiger charge is 2.07. The van der Waals surface area contributed by atoms with Gasteiger partial charge in [0.15, 0.2) is 12.0 Å². The van der Waals surface area contributed by atoms with Gasteiger partial charge in [0, 0.05) is 24.2 Å². The second-order valence-electron chi connectivity index (χ2n) is 4.01. The first-order valence-electron chi connectivity index (χ1n) is 6.31. The van der Waals surface area contributed by atoms with Crippen molar-refractivity contribution in [2.24, 2.45) is 0 Å². The van der Waals surface area contributed by atoms with Crippen molar-refractivity contribution in [1.82, 2.24) is 19.5 Å². The van der Waals surface area contributed by atoms with Gasteiger partial charge in [0.1, 0.15) is 0 Å². The van der Waals surface area contributed by atoms with Crippen LogP contribution in [0.4, 0.5) is 0 Å². The summed E-state index contributed by atoms with van der Waals surface area (Å²) < 4.78 is 1.51. The minimum atomic E-state index is 0.718. The number of nitrogens with one attached hydrogen (secondary N) is 1. The number of rotatable bonds is 2. The van der Waals surface area contributed by atoms with E-state index in [2.05, 4.69) is 21.1 Å². The van der Waals surface area contributed by atoms with Gasteiger partial charge in [0.2, 0.25) is 0 Å². The lowest BCUT2D eigenvalue weighted by Crippen LogP contribution is -1.90. The van der Waals surface area contributed by atoms with Gasteiger partial charge in [-0.15, -0.1) is 0 Å². The minimum Gasteiger partial charge on any atom is -0.351 e. The summed E-state index contributed by atoms with van der Waals surface area (Å²) in [6.07, 6.45) is 9.81. The van der Waals surface area contributed by atoms with Crippen molar-refractivity contribution in [1.29, 1.82) is 5.26 Å². The summed E-state index contributed by atoms with van der Waals surface area (Å²) >= 11 is 0. The summed E-state index contributed by atoms with van der Waals surface area (Å²) in [6.45, 7) is 2.03. The Hall–Kier alpha value is -2.87. The topological polar surface area (TPSA) is 70.3 Å². The van der Waals surface area contributed by atoms with E-state index in [9.17, 15) is 0 Å². The zero-order valence-electron chi connectivity index (χ0n) is 11.2. The zero-order chi connectivity index (χ0) is 14.2. The van der Waals surface area contributed by atoms with Gasteiger partial charge in [-0.25, -0.2) is 14.5 Å². The van der Waals surface area contributed by atoms with Gasteiger partial charge in [-0.3, -0.25) is 0 Å². The quantitative estimate of drug-likeness (QED) is 0.774. The summed E-state index contributed by atoms with van der Waals surface area (Å²) in [5, 5.41) is 8.96. The van der Waals surface area contributed by atoms with Crippen LogP contribution in [0.5, 0.6) is 0 Å². The number of imidazole rings is 2. The standard InChI is InChI=1S/C12H11N3.C3H4N2/c1-2-11-8-15(9-13)12(14-11)10-6-4-3-5-7-10;1-2-5-3-4-1/h3-8H,2H2,1H3;1-3H,(H,4,5). The van der Waals surface area contributed by atoms with Crippen molar-refractivity contribution in [3.05, 3.63) is 60.9 Å². The molecule has 0 amide bonds. The Balaban J connectivity index is 0.000000247. The lowest BCUT2D eigenvalue weighted by Gasteiger charge is -1.97. The molecule has 2 aromatic heterocycles. The highest BCUT2D eigenvalue weighted by Crippen LogP contribution is 2.17. The van der Waals surface area contributed by atoms with Crippen LogP contribution in [0.3, 0.4) is 0 Å². The fraction of sp³-hybridized carbons (Fsp3) is 0.133. The summed E-state index contributed by atoms with van der Waals surface area (Å²) in [7, 11) is 0. The van der Waals surface area contributed by atoms with Crippen molar-refractivity contribution in [3.8, 4) is 17.6 Å². The largest absolute Gasteiger partial charge is 0.351 e. The van der Waals surface area contributed by atoms with Gasteiger partial charge in [-0.05, 0) is 6.42 Å². The van der Waals surface area contributed by atoms with Crippen LogP contribution in [0.25, 0.3) is 11.4 Å². The SMILES string of the molecule is CCc1cn(C#N)c(-c2ccccc2)n1.c1c[nH]cn1. The normalized spacial score (nSPS) is 9.40. The summed E-state index contributed by atoms with van der Waals surface area (Å²) in [5.74, 6) is 0.718. The number of nitrogens with zero attached hydrogens (tertiary/aromatic N) is 4. The molecule has 3 rings (SSSR count). The summed E-state index contributed by atoms with van der Waals surface area (Å²) in [5.41, 5.74) is 1.91. The molecule has 0 aliphatic rings. The van der Waals surface area contributed by atoms with Crippen molar-refractivity contribution >= 4 is 0 Å². The van der Waals surface area contributed by atoms with E-state index in [1.54, 1.807) is 24.9 Å². The van der Waals surface area contributed by atoms with Crippen molar-refractivity contribution in [3.63, 3.8) is 0 Å². The number of hydrogen-bond donors (Lipinski definition) is 1. The molecule has 0 spiro atoms. The molecule has 1 N–H and O–H groups in total. The molecule has 5 heteroatoms. The Kier molecular flexibility index (Phi) is 4.68. The number of hydrogen-bond acceptors (Lipinski definition) is 3. The Labute approximate surface area is 117 Å². The number of aryl methyl sites for hydroxylation is 1. The molecule has 2 heterocycles. The highest BCUT2D eigenvalue weighted by molar-refractivity contribution is 5.56. The molecule has 0 atom stereocenters. The van der Waals surface area contributed by atoms with Crippen LogP contribution in [-0.2, 0) is 6.42 Å². The smallest absolute Gasteiger partial charge is 0.190 e. The van der Waals surface area contributed by atoms with Crippen molar-refractivity contribution in [2.45, 2.75) is 13.3 Å². The first-order chi connectivity index (χ1) is 9.85. The average Bonchev–Trinajstić information content (AvgIpc) is 3.20. The van der Waals surface area contributed by atoms with Crippen molar-refractivity contribution in [2.75, 3.05) is 0 Å². The Morgan fingerprint density at radius 1 is 1.30 bits per heavy atom. The molecule has 0 saturated carbocycles. The van der Waals surface area contributed by atoms with E-state index in [0.29, 0.717) is 0 Å². The fourth-order valence-corrected chi connectivity index (χ4v) is 1.68. The van der Waals surface area contributed by atoms with Crippen molar-refractivity contribution < 1.29 is 0 Å². The monoisotopic (exact) mass is 265 g/mol. The first-order valence-corrected chi connectivity index (χ1v) is 6.31. The van der Waals surface area contributed by atoms with Gasteiger partial charge in [0.25, 0.3) is 0 Å². The van der Waals surface area contributed by atoms with Crippen LogP contribution in [0.15, 0.2) is 55.2 Å². The molecule has 1 aromatic carbocycles. The number of benzene rings is 1. The third-order valence-electron chi connectivity index (χ3n) is 2.66. The van der Waals surface area contributed by atoms with E-state index in [4.69, 9.17) is 5.26 Å². The predicted molar refractivity (Wildman–Crippen MR) is 76.6 cm³/mol. The van der Waals surface area contributed by atoms with Gasteiger partial charge >= 0.3 is 0 Å². The number of nitriles is 1. The Morgan fingerprint density at radius 3 is 2.60 bits per heavy atom. The molecule has 0 aliphatic heterocycles. The van der Waals surface area contributed by atoms with E-state index in [-0.39, 0.29) is 0 Å². The van der Waals surface area contributed by atoms with E-state index < -0.39 is 0 Å². The van der Waals surface area contributed by atoms with Crippen LogP contribution in [-0.4, -0.2) is 19.5 Å². The van der Waals surface area contributed by atoms with Crippen LogP contribution in [0.1, 0.15) is 12.6 Å². The van der Waals surface area contributed by atoms with Gasteiger partial charge in [0.05, 0.1) is 12.0 Å². The second-order valence-corrected chi connectivity index (χ2v) is 4.01. The molecule has 0 saturated heterocycles. The molecular weight excluding hydrogens is 250 g/mol. The molecular formula is C15H15N5. The molecule has 0 bridgehead atoms. The van der Waals surface area contributed by atoms with Crippen LogP contribution in [0.2, 0.25) is 0 Å². The molecule has 3 aromatic rings. The van der Waals surface area contributed by atoms with Gasteiger partial charge < -0.3 is 4.98 Å². The van der Waals surface area contributed by atoms with Crippen LogP contribution < -0.4 is 0 Å². The van der Waals surface area contributed by atoms with E-state index in [1.165, 1.54) is 4.57 Å². The number of aromatic nitrogens is 4. The maximum atomic E-state index is 8.96. The molecule has 0 fully saturated rings. The fourth-order valence-electron chi connectivity index (χ4n) is 1.68. The van der Waals surface area contributed by atoms with Gasteiger partial charge in [-0.1, -0.05) is 37.3 Å². The first kappa shape index (κ1) is 13.6. The average molecular weight is 265 g/mol. The van der Waals surface area contributed by atoms with Crippen LogP contribution >= 0.6 is 0 Å². The molecule has 100 valence electrons. The lowest BCUT2D eigenvalue weighted by atomic mass is 10.2. The Morgan fingerprint density at radius 2 is 2.10 bits per heavy atom. The lowest BCUT2D eigenvalue weighted by molar-refractivity contribution is 1.06. The summed E-state index contributed by atoms with van der Waals surface area (Å²) in [6, 6.07) is 9.74. The number of aromatic amines is 1. The number of H-pyrrole nitrogens is 1. The zero-order valence-corrected chi connectivity index (χ0v) is 11.2. The van der Waals surface area contributed by atoms with Gasteiger partial charge in [-0.2, -0.15) is 5.26 Å². The highest BCUT2D eigenvalue weighted by atomic mass is 15.1. The molecule has 20 heavy (non-hydrogen) atoms. The third-order valence-corrected chi connectivity index (χ3v) is 2.66. The molecule has 0 aliphatic carbocycles. The molecule has 0 unspecified atom stereocenters. The predicted octanol–water partition coefficient (Wildman–Crippen LogP) is 2.85. The Bertz CT molecular complexity index is 645.